The van der Waals surface area contributed by atoms with E-state index < -0.39 is 11.6 Å². The van der Waals surface area contributed by atoms with E-state index in [1.165, 1.54) is 6.92 Å². The number of carbonyl (C=O) groups excluding carboxylic acids is 2. The molecule has 5 nitrogen and oxygen atoms in total. The zero-order chi connectivity index (χ0) is 9.19. The van der Waals surface area contributed by atoms with Gasteiger partial charge in [-0.05, 0) is 6.92 Å². The molecule has 0 aromatic heterocycles. The second kappa shape index (κ2) is 3.00. The third-order valence-electron chi connectivity index (χ3n) is 1.52. The summed E-state index contributed by atoms with van der Waals surface area (Å²) >= 11 is 0. The molecule has 1 fully saturated rings. The number of ether oxygens (including phenoxy) is 2. The van der Waals surface area contributed by atoms with Gasteiger partial charge in [0, 0.05) is 6.92 Å². The molecule has 1 saturated heterocycles. The van der Waals surface area contributed by atoms with Crippen LogP contribution in [0, 0.1) is 0 Å². The molecule has 1 atom stereocenters. The van der Waals surface area contributed by atoms with E-state index in [0.29, 0.717) is 0 Å². The molecule has 0 bridgehead atoms. The van der Waals surface area contributed by atoms with Crippen molar-refractivity contribution in [1.29, 1.82) is 0 Å². The van der Waals surface area contributed by atoms with E-state index >= 15 is 0 Å². The fourth-order valence-corrected chi connectivity index (χ4v) is 0.882. The van der Waals surface area contributed by atoms with E-state index in [4.69, 9.17) is 4.74 Å². The number of hydrogen-bond donors (Lipinski definition) is 1. The van der Waals surface area contributed by atoms with Crippen LogP contribution in [0.3, 0.4) is 0 Å². The third-order valence-corrected chi connectivity index (χ3v) is 1.52. The van der Waals surface area contributed by atoms with Crippen LogP contribution in [0.5, 0.6) is 0 Å². The summed E-state index contributed by atoms with van der Waals surface area (Å²) in [5.41, 5.74) is -0.567. The molecule has 12 heavy (non-hydrogen) atoms. The molecule has 1 aliphatic rings. The van der Waals surface area contributed by atoms with Crippen molar-refractivity contribution in [3.05, 3.63) is 0 Å². The minimum absolute atomic E-state index is 0.147. The number of esters is 1. The lowest BCUT2D eigenvalue weighted by Crippen LogP contribution is -2.45. The fourth-order valence-electron chi connectivity index (χ4n) is 0.882. The lowest BCUT2D eigenvalue weighted by molar-refractivity contribution is -0.142. The van der Waals surface area contributed by atoms with Gasteiger partial charge in [0.1, 0.15) is 18.8 Å². The molecule has 1 amide bonds. The first-order valence-electron chi connectivity index (χ1n) is 3.60. The number of rotatable bonds is 2. The molecule has 0 aliphatic carbocycles. The second-order valence-electron chi connectivity index (χ2n) is 3.04. The number of hydrogen-bond acceptors (Lipinski definition) is 4. The van der Waals surface area contributed by atoms with Crippen LogP contribution < -0.4 is 5.32 Å². The molecule has 0 aromatic rings. The Morgan fingerprint density at radius 2 is 2.50 bits per heavy atom. The number of carbonyl (C=O) groups is 2. The van der Waals surface area contributed by atoms with Gasteiger partial charge in [0.05, 0.1) is 0 Å². The predicted octanol–water partition coefficient (Wildman–Crippen LogP) is 0.0480. The van der Waals surface area contributed by atoms with Gasteiger partial charge in [-0.3, -0.25) is 4.79 Å². The standard InChI is InChI=1S/C7H11NO4/c1-5(9)11-3-7(2)4-12-6(10)8-7/h3-4H2,1-2H3,(H,8,10). The Balaban J connectivity index is 2.40. The van der Waals surface area contributed by atoms with Crippen molar-refractivity contribution in [2.75, 3.05) is 13.2 Å². The number of nitrogens with one attached hydrogen (secondary N) is 1. The quantitative estimate of drug-likeness (QED) is 0.599. The van der Waals surface area contributed by atoms with Gasteiger partial charge in [-0.25, -0.2) is 4.79 Å². The molecule has 68 valence electrons. The summed E-state index contributed by atoms with van der Waals surface area (Å²) in [6, 6.07) is 0. The average molecular weight is 173 g/mol. The van der Waals surface area contributed by atoms with Crippen LogP contribution in [0.1, 0.15) is 13.8 Å². The summed E-state index contributed by atoms with van der Waals surface area (Å²) in [4.78, 5) is 21.1. The van der Waals surface area contributed by atoms with Crippen LogP contribution in [0.15, 0.2) is 0 Å². The van der Waals surface area contributed by atoms with Crippen molar-refractivity contribution in [1.82, 2.24) is 5.32 Å². The molecule has 1 unspecified atom stereocenters. The van der Waals surface area contributed by atoms with Crippen molar-refractivity contribution in [2.24, 2.45) is 0 Å². The monoisotopic (exact) mass is 173 g/mol. The van der Waals surface area contributed by atoms with Crippen LogP contribution in [0.2, 0.25) is 0 Å². The fraction of sp³-hybridized carbons (Fsp3) is 0.714. The first kappa shape index (κ1) is 8.83. The summed E-state index contributed by atoms with van der Waals surface area (Å²) in [6.07, 6.45) is -0.468. The molecule has 0 radical (unpaired) electrons. The third kappa shape index (κ3) is 2.11. The van der Waals surface area contributed by atoms with Crippen molar-refractivity contribution in [3.63, 3.8) is 0 Å². The molecular weight excluding hydrogens is 162 g/mol. The maximum atomic E-state index is 10.6. The van der Waals surface area contributed by atoms with Gasteiger partial charge < -0.3 is 14.8 Å². The molecule has 5 heteroatoms. The Morgan fingerprint density at radius 3 is 2.92 bits per heavy atom. The highest BCUT2D eigenvalue weighted by Crippen LogP contribution is 2.12. The summed E-state index contributed by atoms with van der Waals surface area (Å²) in [7, 11) is 0. The number of alkyl carbamates (subject to hydrolysis) is 1. The first-order valence-corrected chi connectivity index (χ1v) is 3.60. The lowest BCUT2D eigenvalue weighted by Gasteiger charge is -2.19. The predicted molar refractivity (Wildman–Crippen MR) is 39.5 cm³/mol. The van der Waals surface area contributed by atoms with Crippen LogP contribution >= 0.6 is 0 Å². The van der Waals surface area contributed by atoms with Gasteiger partial charge in [-0.2, -0.15) is 0 Å². The van der Waals surface area contributed by atoms with E-state index in [-0.39, 0.29) is 19.2 Å². The summed E-state index contributed by atoms with van der Waals surface area (Å²) in [5.74, 6) is -0.364. The summed E-state index contributed by atoms with van der Waals surface area (Å²) in [6.45, 7) is 3.45. The van der Waals surface area contributed by atoms with Crippen LogP contribution in [-0.2, 0) is 14.3 Å². The minimum Gasteiger partial charge on any atom is -0.463 e. The van der Waals surface area contributed by atoms with Gasteiger partial charge in [-0.1, -0.05) is 0 Å². The van der Waals surface area contributed by atoms with Crippen LogP contribution in [-0.4, -0.2) is 30.8 Å². The van der Waals surface area contributed by atoms with Crippen molar-refractivity contribution in [2.45, 2.75) is 19.4 Å². The molecular formula is C7H11NO4. The number of amides is 1. The Labute approximate surface area is 70.0 Å². The van der Waals surface area contributed by atoms with Crippen LogP contribution in [0.4, 0.5) is 4.79 Å². The molecule has 0 spiro atoms. The molecule has 1 rings (SSSR count). The minimum atomic E-state index is -0.567. The highest BCUT2D eigenvalue weighted by molar-refractivity contribution is 5.71. The Bertz CT molecular complexity index is 215. The van der Waals surface area contributed by atoms with E-state index in [0.717, 1.165) is 0 Å². The normalized spacial score (nSPS) is 27.7. The SMILES string of the molecule is CC(=O)OCC1(C)COC(=O)N1. The van der Waals surface area contributed by atoms with Crippen molar-refractivity contribution < 1.29 is 19.1 Å². The Morgan fingerprint density at radius 1 is 1.83 bits per heavy atom. The summed E-state index contributed by atoms with van der Waals surface area (Å²) in [5, 5.41) is 2.55. The zero-order valence-corrected chi connectivity index (χ0v) is 7.05. The molecule has 1 aliphatic heterocycles. The Hall–Kier alpha value is -1.26. The summed E-state index contributed by atoms with van der Waals surface area (Å²) < 4.78 is 9.40. The van der Waals surface area contributed by atoms with Gasteiger partial charge in [-0.15, -0.1) is 0 Å². The van der Waals surface area contributed by atoms with Crippen molar-refractivity contribution >= 4 is 12.1 Å². The smallest absolute Gasteiger partial charge is 0.407 e. The molecule has 1 heterocycles. The van der Waals surface area contributed by atoms with Crippen LogP contribution in [0.25, 0.3) is 0 Å². The largest absolute Gasteiger partial charge is 0.463 e. The van der Waals surface area contributed by atoms with Gasteiger partial charge in [0.15, 0.2) is 0 Å². The maximum absolute atomic E-state index is 10.6. The molecule has 1 N–H and O–H groups in total. The highest BCUT2D eigenvalue weighted by Gasteiger charge is 2.35. The highest BCUT2D eigenvalue weighted by atomic mass is 16.6. The topological polar surface area (TPSA) is 64.6 Å². The van der Waals surface area contributed by atoms with E-state index in [1.807, 2.05) is 0 Å². The van der Waals surface area contributed by atoms with E-state index in [1.54, 1.807) is 6.92 Å². The molecule has 0 saturated carbocycles. The van der Waals surface area contributed by atoms with Crippen molar-refractivity contribution in [3.8, 4) is 0 Å². The van der Waals surface area contributed by atoms with Gasteiger partial charge >= 0.3 is 12.1 Å². The maximum Gasteiger partial charge on any atom is 0.407 e. The lowest BCUT2D eigenvalue weighted by atomic mass is 10.1. The van der Waals surface area contributed by atoms with E-state index in [2.05, 4.69) is 10.1 Å². The Kier molecular flexibility index (Phi) is 2.21. The van der Waals surface area contributed by atoms with Gasteiger partial charge in [0.25, 0.3) is 0 Å². The van der Waals surface area contributed by atoms with Gasteiger partial charge in [0.2, 0.25) is 0 Å². The number of cyclic esters (lactones) is 1. The molecule has 0 aromatic carbocycles. The van der Waals surface area contributed by atoms with E-state index in [9.17, 15) is 9.59 Å². The average Bonchev–Trinajstić information content (AvgIpc) is 2.29. The second-order valence-corrected chi connectivity index (χ2v) is 3.04. The first-order chi connectivity index (χ1) is 5.52. The zero-order valence-electron chi connectivity index (χ0n) is 7.05.